The van der Waals surface area contributed by atoms with Gasteiger partial charge in [-0.15, -0.1) is 0 Å². The van der Waals surface area contributed by atoms with Crippen LogP contribution >= 0.6 is 0 Å². The SMILES string of the molecule is Cc1ccc(-n2ncc3c(NNC(=O)C(O)c4ccccc4)ncnc32)cc1. The van der Waals surface area contributed by atoms with E-state index in [0.29, 0.717) is 22.4 Å². The Morgan fingerprint density at radius 1 is 1.07 bits per heavy atom. The third-order valence-electron chi connectivity index (χ3n) is 4.31. The number of hydrogen-bond acceptors (Lipinski definition) is 6. The Balaban J connectivity index is 1.55. The molecule has 140 valence electrons. The normalized spacial score (nSPS) is 11.9. The summed E-state index contributed by atoms with van der Waals surface area (Å²) in [7, 11) is 0. The quantitative estimate of drug-likeness (QED) is 0.463. The van der Waals surface area contributed by atoms with Gasteiger partial charge in [0.15, 0.2) is 17.6 Å². The zero-order chi connectivity index (χ0) is 19.5. The minimum atomic E-state index is -1.29. The van der Waals surface area contributed by atoms with Crippen LogP contribution in [0.25, 0.3) is 16.7 Å². The average Bonchev–Trinajstić information content (AvgIpc) is 3.17. The van der Waals surface area contributed by atoms with Gasteiger partial charge in [-0.1, -0.05) is 48.0 Å². The first kappa shape index (κ1) is 17.6. The smallest absolute Gasteiger partial charge is 0.271 e. The van der Waals surface area contributed by atoms with E-state index in [1.54, 1.807) is 35.1 Å². The van der Waals surface area contributed by atoms with Gasteiger partial charge in [-0.3, -0.25) is 15.6 Å². The van der Waals surface area contributed by atoms with Gasteiger partial charge in [-0.2, -0.15) is 5.10 Å². The van der Waals surface area contributed by atoms with E-state index in [1.807, 2.05) is 37.3 Å². The number of aryl methyl sites for hydroxylation is 1. The summed E-state index contributed by atoms with van der Waals surface area (Å²) in [6.45, 7) is 2.02. The van der Waals surface area contributed by atoms with Crippen molar-refractivity contribution in [2.24, 2.45) is 0 Å². The number of amides is 1. The predicted octanol–water partition coefficient (Wildman–Crippen LogP) is 2.30. The summed E-state index contributed by atoms with van der Waals surface area (Å²) in [4.78, 5) is 20.7. The highest BCUT2D eigenvalue weighted by Gasteiger charge is 2.18. The molecule has 0 aliphatic carbocycles. The number of fused-ring (bicyclic) bond motifs is 1. The summed E-state index contributed by atoms with van der Waals surface area (Å²) < 4.78 is 1.70. The molecule has 3 N–H and O–H groups in total. The van der Waals surface area contributed by atoms with E-state index < -0.39 is 12.0 Å². The Labute approximate surface area is 160 Å². The molecule has 1 atom stereocenters. The highest BCUT2D eigenvalue weighted by Crippen LogP contribution is 2.21. The number of anilines is 1. The van der Waals surface area contributed by atoms with Crippen molar-refractivity contribution in [1.29, 1.82) is 0 Å². The van der Waals surface area contributed by atoms with Gasteiger partial charge >= 0.3 is 0 Å². The zero-order valence-corrected chi connectivity index (χ0v) is 15.1. The molecule has 0 aliphatic heterocycles. The van der Waals surface area contributed by atoms with Crippen molar-refractivity contribution in [3.8, 4) is 5.69 Å². The number of hydrogen-bond donors (Lipinski definition) is 3. The first-order chi connectivity index (χ1) is 13.6. The van der Waals surface area contributed by atoms with E-state index in [4.69, 9.17) is 0 Å². The van der Waals surface area contributed by atoms with Crippen molar-refractivity contribution in [3.05, 3.63) is 78.2 Å². The lowest BCUT2D eigenvalue weighted by Gasteiger charge is -2.13. The lowest BCUT2D eigenvalue weighted by Crippen LogP contribution is -2.34. The van der Waals surface area contributed by atoms with Crippen LogP contribution in [0.1, 0.15) is 17.2 Å². The standard InChI is InChI=1S/C20H18N6O2/c1-13-7-9-15(10-8-13)26-19-16(11-23-26)18(21-12-22-19)24-25-20(28)17(27)14-5-3-2-4-6-14/h2-12,17,27H,1H3,(H,25,28)(H,21,22,24). The van der Waals surface area contributed by atoms with Gasteiger partial charge in [0.1, 0.15) is 6.33 Å². The number of carbonyl (C=O) groups excluding carboxylic acids is 1. The molecule has 0 radical (unpaired) electrons. The molecule has 0 fully saturated rings. The van der Waals surface area contributed by atoms with E-state index in [9.17, 15) is 9.90 Å². The van der Waals surface area contributed by atoms with E-state index >= 15 is 0 Å². The second-order valence-corrected chi connectivity index (χ2v) is 6.28. The Kier molecular flexibility index (Phi) is 4.69. The van der Waals surface area contributed by atoms with Crippen molar-refractivity contribution in [2.75, 3.05) is 5.43 Å². The number of nitrogens with zero attached hydrogens (tertiary/aromatic N) is 4. The molecule has 2 aromatic carbocycles. The van der Waals surface area contributed by atoms with Crippen LogP contribution in [0.4, 0.5) is 5.82 Å². The summed E-state index contributed by atoms with van der Waals surface area (Å²) in [5.74, 6) is -0.208. The molecule has 8 heteroatoms. The summed E-state index contributed by atoms with van der Waals surface area (Å²) in [6, 6.07) is 16.6. The highest BCUT2D eigenvalue weighted by atomic mass is 16.3. The molecule has 0 spiro atoms. The van der Waals surface area contributed by atoms with Gasteiger partial charge in [0.05, 0.1) is 17.3 Å². The number of aromatic nitrogens is 4. The van der Waals surface area contributed by atoms with Gasteiger partial charge < -0.3 is 5.11 Å². The third kappa shape index (κ3) is 3.40. The van der Waals surface area contributed by atoms with Gasteiger partial charge in [0.25, 0.3) is 5.91 Å². The number of carbonyl (C=O) groups is 1. The number of benzene rings is 2. The number of nitrogens with one attached hydrogen (secondary N) is 2. The summed E-state index contributed by atoms with van der Waals surface area (Å²) in [5.41, 5.74) is 8.34. The molecule has 1 amide bonds. The summed E-state index contributed by atoms with van der Waals surface area (Å²) >= 11 is 0. The van der Waals surface area contributed by atoms with E-state index in [-0.39, 0.29) is 0 Å². The highest BCUT2D eigenvalue weighted by molar-refractivity contribution is 5.89. The molecule has 28 heavy (non-hydrogen) atoms. The van der Waals surface area contributed by atoms with Gasteiger partial charge in [-0.05, 0) is 24.6 Å². The fraction of sp³-hybridized carbons (Fsp3) is 0.100. The topological polar surface area (TPSA) is 105 Å². The molecule has 2 aromatic heterocycles. The minimum absolute atomic E-state index is 0.386. The maximum atomic E-state index is 12.2. The van der Waals surface area contributed by atoms with Crippen LogP contribution in [0, 0.1) is 6.92 Å². The van der Waals surface area contributed by atoms with Crippen LogP contribution in [-0.2, 0) is 4.79 Å². The molecule has 4 rings (SSSR count). The number of rotatable bonds is 5. The second-order valence-electron chi connectivity index (χ2n) is 6.28. The van der Waals surface area contributed by atoms with Crippen molar-refractivity contribution in [2.45, 2.75) is 13.0 Å². The van der Waals surface area contributed by atoms with Crippen LogP contribution in [0.15, 0.2) is 67.1 Å². The molecule has 0 saturated carbocycles. The Bertz CT molecular complexity index is 1110. The maximum absolute atomic E-state index is 12.2. The van der Waals surface area contributed by atoms with Crippen LogP contribution in [0.3, 0.4) is 0 Å². The molecule has 4 aromatic rings. The third-order valence-corrected chi connectivity index (χ3v) is 4.31. The summed E-state index contributed by atoms with van der Waals surface area (Å²) in [5, 5.41) is 15.2. The van der Waals surface area contributed by atoms with Crippen molar-refractivity contribution in [1.82, 2.24) is 25.2 Å². The van der Waals surface area contributed by atoms with Gasteiger partial charge in [-0.25, -0.2) is 14.6 Å². The average molecular weight is 374 g/mol. The van der Waals surface area contributed by atoms with Crippen LogP contribution < -0.4 is 10.9 Å². The molecular weight excluding hydrogens is 356 g/mol. The van der Waals surface area contributed by atoms with Crippen molar-refractivity contribution < 1.29 is 9.90 Å². The number of hydrazine groups is 1. The first-order valence-corrected chi connectivity index (χ1v) is 8.68. The molecule has 1 unspecified atom stereocenters. The van der Waals surface area contributed by atoms with E-state index in [2.05, 4.69) is 25.9 Å². The Morgan fingerprint density at radius 2 is 1.82 bits per heavy atom. The Hall–Kier alpha value is -3.78. The molecule has 0 saturated heterocycles. The fourth-order valence-corrected chi connectivity index (χ4v) is 2.79. The van der Waals surface area contributed by atoms with Crippen LogP contribution in [0.2, 0.25) is 0 Å². The summed E-state index contributed by atoms with van der Waals surface area (Å²) in [6.07, 6.45) is 1.72. The molecule has 2 heterocycles. The van der Waals surface area contributed by atoms with Crippen LogP contribution in [-0.4, -0.2) is 30.8 Å². The molecular formula is C20H18N6O2. The van der Waals surface area contributed by atoms with Gasteiger partial charge in [0, 0.05) is 0 Å². The largest absolute Gasteiger partial charge is 0.378 e. The fourth-order valence-electron chi connectivity index (χ4n) is 2.79. The Morgan fingerprint density at radius 3 is 2.57 bits per heavy atom. The lowest BCUT2D eigenvalue weighted by molar-refractivity contribution is -0.129. The lowest BCUT2D eigenvalue weighted by atomic mass is 10.1. The predicted molar refractivity (Wildman–Crippen MR) is 105 cm³/mol. The van der Waals surface area contributed by atoms with E-state index in [0.717, 1.165) is 11.3 Å². The van der Waals surface area contributed by atoms with Crippen LogP contribution in [0.5, 0.6) is 0 Å². The van der Waals surface area contributed by atoms with E-state index in [1.165, 1.54) is 6.33 Å². The second kappa shape index (κ2) is 7.45. The van der Waals surface area contributed by atoms with Gasteiger partial charge in [0.2, 0.25) is 0 Å². The first-order valence-electron chi connectivity index (χ1n) is 8.68. The monoisotopic (exact) mass is 374 g/mol. The zero-order valence-electron chi connectivity index (χ0n) is 15.1. The molecule has 8 nitrogen and oxygen atoms in total. The number of aliphatic hydroxyl groups is 1. The number of aliphatic hydroxyl groups excluding tert-OH is 1. The molecule has 0 bridgehead atoms. The van der Waals surface area contributed by atoms with Crippen molar-refractivity contribution in [3.63, 3.8) is 0 Å². The maximum Gasteiger partial charge on any atom is 0.271 e. The van der Waals surface area contributed by atoms with Crippen molar-refractivity contribution >= 4 is 22.8 Å². The minimum Gasteiger partial charge on any atom is -0.378 e. The molecule has 0 aliphatic rings.